The Morgan fingerprint density at radius 2 is 1.66 bits per heavy atom. The largest absolute Gasteiger partial charge is 0.497 e. The topological polar surface area (TPSA) is 40.5 Å². The molecule has 5 heteroatoms. The zero-order chi connectivity index (χ0) is 20.2. The van der Waals surface area contributed by atoms with Gasteiger partial charge in [0, 0.05) is 29.2 Å². The van der Waals surface area contributed by atoms with Gasteiger partial charge < -0.3 is 14.0 Å². The van der Waals surface area contributed by atoms with Crippen molar-refractivity contribution in [2.45, 2.75) is 5.72 Å². The minimum Gasteiger partial charge on any atom is -0.497 e. The number of para-hydroxylation sites is 1. The molecule has 3 aromatic carbocycles. The van der Waals surface area contributed by atoms with Crippen molar-refractivity contribution in [2.24, 2.45) is 0 Å². The minimum atomic E-state index is -0.884. The molecule has 0 aliphatic carbocycles. The van der Waals surface area contributed by atoms with Gasteiger partial charge in [-0.05, 0) is 52.9 Å². The highest BCUT2D eigenvalue weighted by molar-refractivity contribution is 14.1. The molecule has 0 radical (unpaired) electrons. The molecular weight excluding hydrogens is 477 g/mol. The van der Waals surface area contributed by atoms with Crippen molar-refractivity contribution in [3.8, 4) is 17.0 Å². The predicted octanol–water partition coefficient (Wildman–Crippen LogP) is 4.99. The van der Waals surface area contributed by atoms with Crippen molar-refractivity contribution in [3.63, 3.8) is 0 Å². The summed E-state index contributed by atoms with van der Waals surface area (Å²) in [5, 5.41) is 0.678. The molecule has 0 spiro atoms. The number of ether oxygens (including phenoxy) is 2. The Labute approximate surface area is 181 Å². The zero-order valence-corrected chi connectivity index (χ0v) is 18.1. The molecule has 4 aromatic rings. The number of fused-ring (bicyclic) bond motifs is 5. The number of hydrogen-bond acceptors (Lipinski definition) is 3. The van der Waals surface area contributed by atoms with Gasteiger partial charge in [0.05, 0.1) is 21.9 Å². The molecule has 29 heavy (non-hydrogen) atoms. The second kappa shape index (κ2) is 6.71. The summed E-state index contributed by atoms with van der Waals surface area (Å²) in [6, 6.07) is 23.8. The van der Waals surface area contributed by atoms with E-state index in [0.29, 0.717) is 8.96 Å². The molecule has 2 heterocycles. The molecule has 1 aromatic heterocycles. The Morgan fingerprint density at radius 1 is 0.931 bits per heavy atom. The first kappa shape index (κ1) is 18.4. The first-order chi connectivity index (χ1) is 14.1. The van der Waals surface area contributed by atoms with Crippen molar-refractivity contribution >= 4 is 33.5 Å². The van der Waals surface area contributed by atoms with E-state index in [1.807, 2.05) is 60.7 Å². The van der Waals surface area contributed by atoms with Crippen LogP contribution in [0.15, 0.2) is 77.6 Å². The molecule has 0 saturated carbocycles. The number of benzene rings is 3. The summed E-state index contributed by atoms with van der Waals surface area (Å²) in [5.41, 5.74) is 3.77. The fourth-order valence-electron chi connectivity index (χ4n) is 4.40. The summed E-state index contributed by atoms with van der Waals surface area (Å²) in [5.74, 6) is 0.742. The molecule has 1 aliphatic rings. The Morgan fingerprint density at radius 3 is 2.38 bits per heavy atom. The first-order valence-electron chi connectivity index (χ1n) is 9.26. The molecular formula is C24H18INO3. The lowest BCUT2D eigenvalue weighted by molar-refractivity contribution is 0.00558. The zero-order valence-electron chi connectivity index (χ0n) is 16.0. The van der Waals surface area contributed by atoms with Crippen LogP contribution < -0.4 is 10.2 Å². The van der Waals surface area contributed by atoms with E-state index in [4.69, 9.17) is 9.47 Å². The van der Waals surface area contributed by atoms with Crippen LogP contribution in [0.2, 0.25) is 0 Å². The average Bonchev–Trinajstić information content (AvgIpc) is 3.08. The number of aromatic nitrogens is 1. The highest BCUT2D eigenvalue weighted by Crippen LogP contribution is 2.51. The highest BCUT2D eigenvalue weighted by Gasteiger charge is 2.47. The molecule has 0 bridgehead atoms. The smallest absolute Gasteiger partial charge is 0.203 e. The summed E-state index contributed by atoms with van der Waals surface area (Å²) < 4.78 is 14.6. The second-order valence-electron chi connectivity index (χ2n) is 6.97. The van der Waals surface area contributed by atoms with E-state index in [-0.39, 0.29) is 5.43 Å². The van der Waals surface area contributed by atoms with Gasteiger partial charge in [-0.1, -0.05) is 42.5 Å². The number of methoxy groups -OCH3 is 2. The maximum Gasteiger partial charge on any atom is 0.203 e. The Balaban J connectivity index is 2.05. The lowest BCUT2D eigenvalue weighted by atomic mass is 9.93. The van der Waals surface area contributed by atoms with Gasteiger partial charge in [-0.2, -0.15) is 0 Å². The average molecular weight is 495 g/mol. The normalized spacial score (nSPS) is 17.2. The van der Waals surface area contributed by atoms with Gasteiger partial charge in [0.25, 0.3) is 0 Å². The van der Waals surface area contributed by atoms with Gasteiger partial charge in [-0.3, -0.25) is 4.79 Å². The van der Waals surface area contributed by atoms with Crippen molar-refractivity contribution in [1.82, 2.24) is 4.57 Å². The Hall–Kier alpha value is -2.64. The molecule has 0 fully saturated rings. The van der Waals surface area contributed by atoms with Crippen molar-refractivity contribution in [3.05, 3.63) is 97.7 Å². The molecule has 0 N–H and O–H groups in total. The molecule has 144 valence electrons. The maximum atomic E-state index is 13.2. The Bertz CT molecular complexity index is 1310. The lowest BCUT2D eigenvalue weighted by Gasteiger charge is -2.34. The van der Waals surface area contributed by atoms with Gasteiger partial charge in [0.2, 0.25) is 5.43 Å². The number of halogens is 1. The molecule has 1 atom stereocenters. The van der Waals surface area contributed by atoms with E-state index in [2.05, 4.69) is 39.3 Å². The SMILES string of the molecule is COc1ccc2c(c1)-c1c(I)c(=O)c3ccccc3n1C2(OC)c1ccccc1. The Kier molecular flexibility index (Phi) is 4.26. The van der Waals surface area contributed by atoms with E-state index in [9.17, 15) is 4.79 Å². The third-order valence-electron chi connectivity index (χ3n) is 5.64. The van der Waals surface area contributed by atoms with Gasteiger partial charge in [-0.15, -0.1) is 0 Å². The molecule has 5 rings (SSSR count). The van der Waals surface area contributed by atoms with Gasteiger partial charge in [0.15, 0.2) is 5.72 Å². The van der Waals surface area contributed by atoms with Crippen LogP contribution in [0.4, 0.5) is 0 Å². The monoisotopic (exact) mass is 495 g/mol. The second-order valence-corrected chi connectivity index (χ2v) is 8.05. The van der Waals surface area contributed by atoms with Crippen LogP contribution in [-0.2, 0) is 10.5 Å². The first-order valence-corrected chi connectivity index (χ1v) is 10.3. The van der Waals surface area contributed by atoms with Crippen LogP contribution in [0, 0.1) is 3.57 Å². The van der Waals surface area contributed by atoms with Crippen molar-refractivity contribution in [1.29, 1.82) is 0 Å². The number of rotatable bonds is 3. The van der Waals surface area contributed by atoms with Crippen LogP contribution in [0.1, 0.15) is 11.1 Å². The summed E-state index contributed by atoms with van der Waals surface area (Å²) in [7, 11) is 3.37. The van der Waals surface area contributed by atoms with Crippen molar-refractivity contribution < 1.29 is 9.47 Å². The van der Waals surface area contributed by atoms with Crippen LogP contribution >= 0.6 is 22.6 Å². The van der Waals surface area contributed by atoms with Crippen LogP contribution in [0.3, 0.4) is 0 Å². The quantitative estimate of drug-likeness (QED) is 0.376. The number of hydrogen-bond donors (Lipinski definition) is 0. The fourth-order valence-corrected chi connectivity index (χ4v) is 5.22. The lowest BCUT2D eigenvalue weighted by Crippen LogP contribution is -2.37. The van der Waals surface area contributed by atoms with E-state index >= 15 is 0 Å². The third-order valence-corrected chi connectivity index (χ3v) is 6.64. The molecule has 4 nitrogen and oxygen atoms in total. The minimum absolute atomic E-state index is 0.0289. The molecule has 0 amide bonds. The summed E-state index contributed by atoms with van der Waals surface area (Å²) in [4.78, 5) is 13.2. The molecule has 0 saturated heterocycles. The number of nitrogens with zero attached hydrogens (tertiary/aromatic N) is 1. The standard InChI is InChI=1S/C24H18INO3/c1-28-16-12-13-19-18(14-16)22-21(25)23(27)17-10-6-7-11-20(17)26(22)24(19,29-2)15-8-4-3-5-9-15/h3-14H,1-2H3. The maximum absolute atomic E-state index is 13.2. The highest BCUT2D eigenvalue weighted by atomic mass is 127. The van der Waals surface area contributed by atoms with E-state index in [1.54, 1.807) is 14.2 Å². The molecule has 1 aliphatic heterocycles. The van der Waals surface area contributed by atoms with Crippen molar-refractivity contribution in [2.75, 3.05) is 14.2 Å². The van der Waals surface area contributed by atoms with Gasteiger partial charge in [0.1, 0.15) is 5.75 Å². The van der Waals surface area contributed by atoms with Gasteiger partial charge in [-0.25, -0.2) is 0 Å². The fraction of sp³-hybridized carbons (Fsp3) is 0.125. The predicted molar refractivity (Wildman–Crippen MR) is 123 cm³/mol. The third kappa shape index (κ3) is 2.37. The van der Waals surface area contributed by atoms with Crippen LogP contribution in [-0.4, -0.2) is 18.8 Å². The number of pyridine rings is 1. The van der Waals surface area contributed by atoms with Gasteiger partial charge >= 0.3 is 0 Å². The summed E-state index contributed by atoms with van der Waals surface area (Å²) in [6.45, 7) is 0. The van der Waals surface area contributed by atoms with E-state index in [1.165, 1.54) is 0 Å². The summed E-state index contributed by atoms with van der Waals surface area (Å²) >= 11 is 2.16. The van der Waals surface area contributed by atoms with E-state index < -0.39 is 5.72 Å². The van der Waals surface area contributed by atoms with Crippen LogP contribution in [0.5, 0.6) is 5.75 Å². The summed E-state index contributed by atoms with van der Waals surface area (Å²) in [6.07, 6.45) is 0. The van der Waals surface area contributed by atoms with Crippen LogP contribution in [0.25, 0.3) is 22.2 Å². The molecule has 1 unspecified atom stereocenters. The van der Waals surface area contributed by atoms with E-state index in [0.717, 1.165) is 33.7 Å².